The number of likely N-dealkylation sites (tertiary alicyclic amines) is 1. The van der Waals surface area contributed by atoms with E-state index in [1.54, 1.807) is 17.0 Å². The van der Waals surface area contributed by atoms with Crippen LogP contribution in [0.3, 0.4) is 0 Å². The summed E-state index contributed by atoms with van der Waals surface area (Å²) in [5.74, 6) is 1.07. The number of carbonyl (C=O) groups is 1. The lowest BCUT2D eigenvalue weighted by Gasteiger charge is -2.24. The van der Waals surface area contributed by atoms with Crippen LogP contribution in [0.1, 0.15) is 27.2 Å². The zero-order valence-corrected chi connectivity index (χ0v) is 13.4. The third kappa shape index (κ3) is 5.04. The van der Waals surface area contributed by atoms with Gasteiger partial charge < -0.3 is 15.0 Å². The minimum atomic E-state index is -0.452. The van der Waals surface area contributed by atoms with E-state index in [0.29, 0.717) is 23.4 Å². The number of halogens is 1. The largest absolute Gasteiger partial charge is 0.444 e. The van der Waals surface area contributed by atoms with Crippen molar-refractivity contribution in [2.24, 2.45) is 5.92 Å². The number of hydrogen-bond acceptors (Lipinski definition) is 5. The molecule has 0 aliphatic carbocycles. The molecule has 0 unspecified atom stereocenters. The second-order valence-corrected chi connectivity index (χ2v) is 6.59. The van der Waals surface area contributed by atoms with Crippen LogP contribution in [0.4, 0.5) is 10.6 Å². The average molecular weight is 313 g/mol. The summed E-state index contributed by atoms with van der Waals surface area (Å²) in [6, 6.07) is 3.48. The molecule has 0 aromatic carbocycles. The van der Waals surface area contributed by atoms with E-state index in [2.05, 4.69) is 15.5 Å². The lowest BCUT2D eigenvalue weighted by molar-refractivity contribution is 0.0289. The van der Waals surface area contributed by atoms with E-state index in [-0.39, 0.29) is 6.09 Å². The molecule has 2 rings (SSSR count). The molecule has 1 aliphatic rings. The number of carbonyl (C=O) groups excluding carboxylic acids is 1. The van der Waals surface area contributed by atoms with Crippen LogP contribution in [0.2, 0.25) is 5.15 Å². The first-order valence-corrected chi connectivity index (χ1v) is 7.42. The Bertz CT molecular complexity index is 487. The van der Waals surface area contributed by atoms with Gasteiger partial charge in [-0.15, -0.1) is 10.2 Å². The first-order chi connectivity index (χ1) is 9.83. The van der Waals surface area contributed by atoms with Crippen LogP contribution in [0.15, 0.2) is 12.1 Å². The van der Waals surface area contributed by atoms with Crippen LogP contribution in [-0.4, -0.2) is 46.4 Å². The molecule has 2 heterocycles. The molecule has 1 aromatic rings. The molecule has 1 aliphatic heterocycles. The zero-order chi connectivity index (χ0) is 15.5. The topological polar surface area (TPSA) is 67.3 Å². The van der Waals surface area contributed by atoms with E-state index < -0.39 is 5.60 Å². The van der Waals surface area contributed by atoms with E-state index >= 15 is 0 Å². The van der Waals surface area contributed by atoms with Crippen LogP contribution in [0.5, 0.6) is 0 Å². The number of amides is 1. The van der Waals surface area contributed by atoms with E-state index in [9.17, 15) is 4.79 Å². The Labute approximate surface area is 129 Å². The van der Waals surface area contributed by atoms with Gasteiger partial charge in [-0.1, -0.05) is 11.6 Å². The Hall–Kier alpha value is -1.56. The van der Waals surface area contributed by atoms with Crippen molar-refractivity contribution in [1.29, 1.82) is 0 Å². The average Bonchev–Trinajstić information content (AvgIpc) is 2.85. The van der Waals surface area contributed by atoms with Gasteiger partial charge in [0.2, 0.25) is 0 Å². The van der Waals surface area contributed by atoms with Gasteiger partial charge in [-0.2, -0.15) is 0 Å². The minimum absolute atomic E-state index is 0.240. The Morgan fingerprint density at radius 3 is 2.86 bits per heavy atom. The molecule has 0 spiro atoms. The van der Waals surface area contributed by atoms with Crippen LogP contribution in [0.25, 0.3) is 0 Å². The molecule has 6 nitrogen and oxygen atoms in total. The maximum Gasteiger partial charge on any atom is 0.410 e. The van der Waals surface area contributed by atoms with Crippen molar-refractivity contribution >= 4 is 23.5 Å². The maximum absolute atomic E-state index is 12.0. The molecule has 0 radical (unpaired) electrons. The van der Waals surface area contributed by atoms with Crippen LogP contribution >= 0.6 is 11.6 Å². The maximum atomic E-state index is 12.0. The highest BCUT2D eigenvalue weighted by atomic mass is 35.5. The number of rotatable bonds is 3. The van der Waals surface area contributed by atoms with E-state index in [0.717, 1.165) is 19.5 Å². The number of aromatic nitrogens is 2. The van der Waals surface area contributed by atoms with Gasteiger partial charge in [0, 0.05) is 19.6 Å². The van der Waals surface area contributed by atoms with Gasteiger partial charge in [0.25, 0.3) is 0 Å². The van der Waals surface area contributed by atoms with Gasteiger partial charge in [0.1, 0.15) is 11.4 Å². The molecule has 1 atom stereocenters. The minimum Gasteiger partial charge on any atom is -0.444 e. The summed E-state index contributed by atoms with van der Waals surface area (Å²) in [7, 11) is 0. The lowest BCUT2D eigenvalue weighted by Crippen LogP contribution is -2.35. The highest BCUT2D eigenvalue weighted by Crippen LogP contribution is 2.20. The SMILES string of the molecule is CC(C)(C)OC(=O)N1CC[C@@H](CNc2ccc(Cl)nn2)C1. The molecule has 21 heavy (non-hydrogen) atoms. The van der Waals surface area contributed by atoms with Crippen LogP contribution in [0, 0.1) is 5.92 Å². The van der Waals surface area contributed by atoms with Gasteiger partial charge in [0.05, 0.1) is 0 Å². The van der Waals surface area contributed by atoms with Gasteiger partial charge in [-0.05, 0) is 45.2 Å². The number of anilines is 1. The van der Waals surface area contributed by atoms with E-state index in [1.807, 2.05) is 20.8 Å². The summed E-state index contributed by atoms with van der Waals surface area (Å²) >= 11 is 5.69. The second kappa shape index (κ2) is 6.47. The third-order valence-electron chi connectivity index (χ3n) is 3.14. The molecular formula is C14H21ClN4O2. The van der Waals surface area contributed by atoms with Crippen LogP contribution in [-0.2, 0) is 4.74 Å². The summed E-state index contributed by atoms with van der Waals surface area (Å²) < 4.78 is 5.38. The molecule has 116 valence electrons. The molecular weight excluding hydrogens is 292 g/mol. The van der Waals surface area contributed by atoms with Gasteiger partial charge in [-0.3, -0.25) is 0 Å². The highest BCUT2D eigenvalue weighted by Gasteiger charge is 2.29. The van der Waals surface area contributed by atoms with E-state index in [4.69, 9.17) is 16.3 Å². The molecule has 0 saturated carbocycles. The summed E-state index contributed by atoms with van der Waals surface area (Å²) in [4.78, 5) is 13.7. The molecule has 0 bridgehead atoms. The summed E-state index contributed by atoms with van der Waals surface area (Å²) in [5.41, 5.74) is -0.452. The molecule has 1 amide bonds. The standard InChI is InChI=1S/C14H21ClN4O2/c1-14(2,3)21-13(20)19-7-6-10(9-19)8-16-12-5-4-11(15)17-18-12/h4-5,10H,6-9H2,1-3H3,(H,16,18)/t10-/m0/s1. The monoisotopic (exact) mass is 312 g/mol. The first kappa shape index (κ1) is 15.8. The Balaban J connectivity index is 1.77. The van der Waals surface area contributed by atoms with Crippen molar-refractivity contribution in [3.63, 3.8) is 0 Å². The Morgan fingerprint density at radius 1 is 1.48 bits per heavy atom. The Morgan fingerprint density at radius 2 is 2.24 bits per heavy atom. The summed E-state index contributed by atoms with van der Waals surface area (Å²) in [6.45, 7) is 7.80. The van der Waals surface area contributed by atoms with Crippen molar-refractivity contribution in [3.8, 4) is 0 Å². The van der Waals surface area contributed by atoms with Crippen molar-refractivity contribution in [1.82, 2.24) is 15.1 Å². The quantitative estimate of drug-likeness (QED) is 0.929. The number of nitrogens with one attached hydrogen (secondary N) is 1. The summed E-state index contributed by atoms with van der Waals surface area (Å²) in [5, 5.41) is 11.3. The van der Waals surface area contributed by atoms with Crippen molar-refractivity contribution in [3.05, 3.63) is 17.3 Å². The van der Waals surface area contributed by atoms with Crippen LogP contribution < -0.4 is 5.32 Å². The highest BCUT2D eigenvalue weighted by molar-refractivity contribution is 6.29. The third-order valence-corrected chi connectivity index (χ3v) is 3.34. The lowest BCUT2D eigenvalue weighted by atomic mass is 10.1. The molecule has 1 saturated heterocycles. The second-order valence-electron chi connectivity index (χ2n) is 6.20. The number of ether oxygens (including phenoxy) is 1. The fourth-order valence-electron chi connectivity index (χ4n) is 2.15. The molecule has 1 aromatic heterocycles. The fourth-order valence-corrected chi connectivity index (χ4v) is 2.25. The fraction of sp³-hybridized carbons (Fsp3) is 0.643. The van der Waals surface area contributed by atoms with Gasteiger partial charge >= 0.3 is 6.09 Å². The van der Waals surface area contributed by atoms with E-state index in [1.165, 1.54) is 0 Å². The molecule has 1 N–H and O–H groups in total. The van der Waals surface area contributed by atoms with Gasteiger partial charge in [-0.25, -0.2) is 4.79 Å². The predicted molar refractivity (Wildman–Crippen MR) is 81.4 cm³/mol. The summed E-state index contributed by atoms with van der Waals surface area (Å²) in [6.07, 6.45) is 0.712. The smallest absolute Gasteiger partial charge is 0.410 e. The van der Waals surface area contributed by atoms with Crippen molar-refractivity contribution < 1.29 is 9.53 Å². The number of hydrogen-bond donors (Lipinski definition) is 1. The predicted octanol–water partition coefficient (Wildman–Crippen LogP) is 2.80. The molecule has 1 fully saturated rings. The van der Waals surface area contributed by atoms with Crippen molar-refractivity contribution in [2.45, 2.75) is 32.8 Å². The van der Waals surface area contributed by atoms with Crippen molar-refractivity contribution in [2.75, 3.05) is 25.0 Å². The molecule has 7 heteroatoms. The zero-order valence-electron chi connectivity index (χ0n) is 12.6. The number of nitrogens with zero attached hydrogens (tertiary/aromatic N) is 3. The Kier molecular flexibility index (Phi) is 4.88. The first-order valence-electron chi connectivity index (χ1n) is 7.04. The normalized spacial score (nSPS) is 18.7. The van der Waals surface area contributed by atoms with Gasteiger partial charge in [0.15, 0.2) is 5.15 Å².